The highest BCUT2D eigenvalue weighted by Gasteiger charge is 2.05. The van der Waals surface area contributed by atoms with Crippen LogP contribution in [0.3, 0.4) is 0 Å². The van der Waals surface area contributed by atoms with Crippen LogP contribution >= 0.6 is 11.8 Å². The van der Waals surface area contributed by atoms with Gasteiger partial charge in [0.15, 0.2) is 0 Å². The van der Waals surface area contributed by atoms with Crippen molar-refractivity contribution < 1.29 is 0 Å². The quantitative estimate of drug-likeness (QED) is 0.602. The maximum atomic E-state index is 3.34. The molecular formula is C7H13NS. The normalized spacial score (nSPS) is 25.2. The van der Waals surface area contributed by atoms with E-state index >= 15 is 0 Å². The largest absolute Gasteiger partial charge is 0.299 e. The standard InChI is InChI=1S/C7H13NS/c1-2-6-9-7-4-3-5-8-7/h3-4,7-8H,2,5-6H2,1H3. The molecule has 0 aliphatic carbocycles. The van der Waals surface area contributed by atoms with Gasteiger partial charge in [0.25, 0.3) is 0 Å². The number of nitrogens with one attached hydrogen (secondary N) is 1. The van der Waals surface area contributed by atoms with Crippen LogP contribution in [-0.4, -0.2) is 17.7 Å². The molecule has 1 nitrogen and oxygen atoms in total. The summed E-state index contributed by atoms with van der Waals surface area (Å²) in [6.45, 7) is 3.27. The average molecular weight is 143 g/mol. The number of hydrogen-bond acceptors (Lipinski definition) is 2. The lowest BCUT2D eigenvalue weighted by Crippen LogP contribution is -2.18. The Hall–Kier alpha value is 0.0500. The summed E-state index contributed by atoms with van der Waals surface area (Å²) in [4.78, 5) is 0. The molecule has 1 heterocycles. The lowest BCUT2D eigenvalue weighted by Gasteiger charge is -2.05. The monoisotopic (exact) mass is 143 g/mol. The third-order valence-corrected chi connectivity index (χ3v) is 2.58. The van der Waals surface area contributed by atoms with Gasteiger partial charge in [-0.25, -0.2) is 0 Å². The van der Waals surface area contributed by atoms with Gasteiger partial charge in [-0.2, -0.15) is 0 Å². The van der Waals surface area contributed by atoms with Crippen LogP contribution in [0.25, 0.3) is 0 Å². The van der Waals surface area contributed by atoms with Crippen molar-refractivity contribution in [2.75, 3.05) is 12.3 Å². The molecule has 1 N–H and O–H groups in total. The molecule has 1 aliphatic heterocycles. The van der Waals surface area contributed by atoms with Gasteiger partial charge in [0.1, 0.15) is 0 Å². The van der Waals surface area contributed by atoms with Crippen LogP contribution in [0.15, 0.2) is 12.2 Å². The van der Waals surface area contributed by atoms with Gasteiger partial charge in [0.05, 0.1) is 5.37 Å². The Bertz CT molecular complexity index is 101. The van der Waals surface area contributed by atoms with Gasteiger partial charge in [-0.3, -0.25) is 5.32 Å². The van der Waals surface area contributed by atoms with Gasteiger partial charge in [0.2, 0.25) is 0 Å². The van der Waals surface area contributed by atoms with Crippen LogP contribution in [-0.2, 0) is 0 Å². The Balaban J connectivity index is 2.05. The van der Waals surface area contributed by atoms with E-state index in [4.69, 9.17) is 0 Å². The van der Waals surface area contributed by atoms with E-state index in [9.17, 15) is 0 Å². The predicted octanol–water partition coefficient (Wildman–Crippen LogP) is 1.62. The van der Waals surface area contributed by atoms with Crippen LogP contribution in [0.2, 0.25) is 0 Å². The lowest BCUT2D eigenvalue weighted by atomic mass is 10.6. The summed E-state index contributed by atoms with van der Waals surface area (Å²) in [5, 5.41) is 3.95. The molecule has 0 spiro atoms. The Morgan fingerprint density at radius 2 is 2.67 bits per heavy atom. The van der Waals surface area contributed by atoms with E-state index in [1.165, 1.54) is 12.2 Å². The average Bonchev–Trinajstić information content (AvgIpc) is 2.34. The summed E-state index contributed by atoms with van der Waals surface area (Å²) in [6, 6.07) is 0. The molecule has 0 aromatic carbocycles. The molecule has 52 valence electrons. The van der Waals surface area contributed by atoms with E-state index in [0.717, 1.165) is 6.54 Å². The van der Waals surface area contributed by atoms with Crippen LogP contribution in [0.5, 0.6) is 0 Å². The summed E-state index contributed by atoms with van der Waals surface area (Å²) >= 11 is 1.99. The molecule has 1 unspecified atom stereocenters. The van der Waals surface area contributed by atoms with Crippen molar-refractivity contribution >= 4 is 11.8 Å². The molecule has 0 aromatic heterocycles. The smallest absolute Gasteiger partial charge is 0.0722 e. The number of rotatable bonds is 3. The topological polar surface area (TPSA) is 12.0 Å². The first-order chi connectivity index (χ1) is 4.43. The molecule has 2 heteroatoms. The Kier molecular flexibility index (Phi) is 3.15. The molecular weight excluding hydrogens is 130 g/mol. The SMILES string of the molecule is CCCSC1C=CCN1. The summed E-state index contributed by atoms with van der Waals surface area (Å²) in [5.74, 6) is 1.27. The van der Waals surface area contributed by atoms with Gasteiger partial charge in [-0.05, 0) is 12.2 Å². The van der Waals surface area contributed by atoms with E-state index in [-0.39, 0.29) is 0 Å². The zero-order valence-electron chi connectivity index (χ0n) is 5.76. The second-order valence-electron chi connectivity index (χ2n) is 2.13. The lowest BCUT2D eigenvalue weighted by molar-refractivity contribution is 0.845. The molecule has 0 saturated heterocycles. The molecule has 0 radical (unpaired) electrons. The van der Waals surface area contributed by atoms with Gasteiger partial charge < -0.3 is 0 Å². The minimum absolute atomic E-state index is 0.602. The highest BCUT2D eigenvalue weighted by atomic mass is 32.2. The summed E-state index contributed by atoms with van der Waals surface area (Å²) in [6.07, 6.45) is 5.70. The molecule has 1 aliphatic rings. The van der Waals surface area contributed by atoms with Crippen LogP contribution < -0.4 is 5.32 Å². The first-order valence-corrected chi connectivity index (χ1v) is 4.50. The van der Waals surface area contributed by atoms with Gasteiger partial charge in [-0.1, -0.05) is 19.1 Å². The highest BCUT2D eigenvalue weighted by Crippen LogP contribution is 2.12. The fourth-order valence-corrected chi connectivity index (χ4v) is 1.73. The van der Waals surface area contributed by atoms with Crippen molar-refractivity contribution in [2.24, 2.45) is 0 Å². The maximum absolute atomic E-state index is 3.34. The molecule has 0 fully saturated rings. The maximum Gasteiger partial charge on any atom is 0.0722 e. The predicted molar refractivity (Wildman–Crippen MR) is 43.7 cm³/mol. The van der Waals surface area contributed by atoms with E-state index in [2.05, 4.69) is 24.4 Å². The Morgan fingerprint density at radius 1 is 1.78 bits per heavy atom. The molecule has 9 heavy (non-hydrogen) atoms. The molecule has 1 atom stereocenters. The van der Waals surface area contributed by atoms with E-state index in [1.807, 2.05) is 11.8 Å². The first-order valence-electron chi connectivity index (χ1n) is 3.45. The van der Waals surface area contributed by atoms with E-state index < -0.39 is 0 Å². The third kappa shape index (κ3) is 2.41. The summed E-state index contributed by atoms with van der Waals surface area (Å²) < 4.78 is 0. The van der Waals surface area contributed by atoms with E-state index in [1.54, 1.807) is 0 Å². The Morgan fingerprint density at radius 3 is 3.22 bits per heavy atom. The molecule has 1 rings (SSSR count). The van der Waals surface area contributed by atoms with Gasteiger partial charge in [-0.15, -0.1) is 11.8 Å². The van der Waals surface area contributed by atoms with Crippen molar-refractivity contribution in [3.63, 3.8) is 0 Å². The van der Waals surface area contributed by atoms with Crippen molar-refractivity contribution in [1.29, 1.82) is 0 Å². The van der Waals surface area contributed by atoms with E-state index in [0.29, 0.717) is 5.37 Å². The zero-order chi connectivity index (χ0) is 6.53. The van der Waals surface area contributed by atoms with Crippen LogP contribution in [0.1, 0.15) is 13.3 Å². The Labute approximate surface area is 60.9 Å². The zero-order valence-corrected chi connectivity index (χ0v) is 6.58. The highest BCUT2D eigenvalue weighted by molar-refractivity contribution is 8.00. The number of hydrogen-bond donors (Lipinski definition) is 1. The fourth-order valence-electron chi connectivity index (χ4n) is 0.803. The van der Waals surface area contributed by atoms with Crippen molar-refractivity contribution in [2.45, 2.75) is 18.7 Å². The minimum Gasteiger partial charge on any atom is -0.299 e. The second kappa shape index (κ2) is 3.96. The minimum atomic E-state index is 0.602. The van der Waals surface area contributed by atoms with Gasteiger partial charge in [0, 0.05) is 6.54 Å². The van der Waals surface area contributed by atoms with Gasteiger partial charge >= 0.3 is 0 Å². The van der Waals surface area contributed by atoms with Crippen molar-refractivity contribution in [3.05, 3.63) is 12.2 Å². The van der Waals surface area contributed by atoms with Crippen molar-refractivity contribution in [3.8, 4) is 0 Å². The number of thioether (sulfide) groups is 1. The summed E-state index contributed by atoms with van der Waals surface area (Å²) in [7, 11) is 0. The molecule has 0 aromatic rings. The molecule has 0 bridgehead atoms. The second-order valence-corrected chi connectivity index (χ2v) is 3.38. The van der Waals surface area contributed by atoms with Crippen LogP contribution in [0.4, 0.5) is 0 Å². The van der Waals surface area contributed by atoms with Crippen molar-refractivity contribution in [1.82, 2.24) is 5.32 Å². The van der Waals surface area contributed by atoms with Crippen LogP contribution in [0, 0.1) is 0 Å². The first kappa shape index (κ1) is 7.16. The fraction of sp³-hybridized carbons (Fsp3) is 0.714. The molecule has 0 saturated carbocycles. The third-order valence-electron chi connectivity index (χ3n) is 1.25. The molecule has 0 amide bonds. The summed E-state index contributed by atoms with van der Waals surface area (Å²) in [5.41, 5.74) is 0.